The lowest BCUT2D eigenvalue weighted by Crippen LogP contribution is -2.42. The molecule has 0 bridgehead atoms. The Morgan fingerprint density at radius 1 is 1.24 bits per heavy atom. The third kappa shape index (κ3) is 3.80. The van der Waals surface area contributed by atoms with Crippen LogP contribution in [0, 0.1) is 5.41 Å². The maximum absolute atomic E-state index is 12.9. The van der Waals surface area contributed by atoms with E-state index in [0.717, 1.165) is 31.5 Å². The first-order valence-electron chi connectivity index (χ1n) is 7.81. The van der Waals surface area contributed by atoms with Crippen LogP contribution >= 0.6 is 0 Å². The van der Waals surface area contributed by atoms with Crippen molar-refractivity contribution in [2.24, 2.45) is 11.1 Å². The molecule has 1 aromatic carbocycles. The molecule has 1 aliphatic rings. The van der Waals surface area contributed by atoms with Gasteiger partial charge in [0.25, 0.3) is 6.43 Å². The summed E-state index contributed by atoms with van der Waals surface area (Å²) in [4.78, 5) is 2.35. The van der Waals surface area contributed by atoms with Crippen LogP contribution in [0.3, 0.4) is 0 Å². The summed E-state index contributed by atoms with van der Waals surface area (Å²) in [5.74, 6) is 0. The predicted molar refractivity (Wildman–Crippen MR) is 82.4 cm³/mol. The monoisotopic (exact) mass is 296 g/mol. The third-order valence-corrected chi connectivity index (χ3v) is 5.07. The van der Waals surface area contributed by atoms with Crippen molar-refractivity contribution in [1.82, 2.24) is 4.90 Å². The molecule has 1 atom stereocenters. The largest absolute Gasteiger partial charge is 0.329 e. The van der Waals surface area contributed by atoms with Crippen LogP contribution in [0.5, 0.6) is 0 Å². The van der Waals surface area contributed by atoms with Crippen LogP contribution < -0.4 is 5.73 Å². The smallest absolute Gasteiger partial charge is 0.263 e. The average molecular weight is 296 g/mol. The Kier molecular flexibility index (Phi) is 5.33. The summed E-state index contributed by atoms with van der Waals surface area (Å²) in [6.45, 7) is 7.02. The van der Waals surface area contributed by atoms with E-state index >= 15 is 0 Å². The van der Waals surface area contributed by atoms with E-state index in [1.54, 1.807) is 12.1 Å². The van der Waals surface area contributed by atoms with Crippen molar-refractivity contribution >= 4 is 0 Å². The van der Waals surface area contributed by atoms with Gasteiger partial charge < -0.3 is 5.73 Å². The van der Waals surface area contributed by atoms with Crippen molar-refractivity contribution in [2.45, 2.75) is 45.6 Å². The third-order valence-electron chi connectivity index (χ3n) is 5.07. The van der Waals surface area contributed by atoms with Gasteiger partial charge in [0.1, 0.15) is 0 Å². The highest BCUT2D eigenvalue weighted by atomic mass is 19.3. The van der Waals surface area contributed by atoms with Crippen LogP contribution in [0.4, 0.5) is 8.78 Å². The molecule has 0 spiro atoms. The van der Waals surface area contributed by atoms with Gasteiger partial charge in [-0.15, -0.1) is 0 Å². The zero-order valence-corrected chi connectivity index (χ0v) is 13.0. The Bertz CT molecular complexity index is 454. The number of nitrogens with two attached hydrogens (primary N) is 1. The predicted octanol–water partition coefficient (Wildman–Crippen LogP) is 4.14. The van der Waals surface area contributed by atoms with Gasteiger partial charge >= 0.3 is 0 Å². The molecule has 1 aliphatic heterocycles. The molecule has 1 saturated heterocycles. The molecule has 1 aromatic rings. The molecule has 0 aromatic heterocycles. The highest BCUT2D eigenvalue weighted by Gasteiger charge is 2.31. The molecule has 0 saturated carbocycles. The first-order chi connectivity index (χ1) is 9.99. The van der Waals surface area contributed by atoms with E-state index < -0.39 is 6.43 Å². The minimum atomic E-state index is -2.42. The number of hydrogen-bond acceptors (Lipinski definition) is 2. The molecule has 0 aliphatic carbocycles. The molecule has 21 heavy (non-hydrogen) atoms. The quantitative estimate of drug-likeness (QED) is 0.885. The molecular weight excluding hydrogens is 270 g/mol. The lowest BCUT2D eigenvalue weighted by molar-refractivity contribution is 0.0827. The summed E-state index contributed by atoms with van der Waals surface area (Å²) in [7, 11) is 0. The number of benzene rings is 1. The highest BCUT2D eigenvalue weighted by molar-refractivity contribution is 5.27. The molecule has 4 heteroatoms. The summed E-state index contributed by atoms with van der Waals surface area (Å²) in [6, 6.07) is 6.75. The second kappa shape index (κ2) is 6.84. The Morgan fingerprint density at radius 2 is 1.86 bits per heavy atom. The summed E-state index contributed by atoms with van der Waals surface area (Å²) in [5, 5.41) is 0. The zero-order valence-electron chi connectivity index (χ0n) is 13.0. The van der Waals surface area contributed by atoms with Crippen molar-refractivity contribution in [3.8, 4) is 0 Å². The molecule has 0 amide bonds. The van der Waals surface area contributed by atoms with Crippen LogP contribution in [-0.4, -0.2) is 24.5 Å². The number of hydrogen-bond donors (Lipinski definition) is 1. The first kappa shape index (κ1) is 16.4. The van der Waals surface area contributed by atoms with Gasteiger partial charge in [0.15, 0.2) is 0 Å². The van der Waals surface area contributed by atoms with Crippen molar-refractivity contribution in [3.63, 3.8) is 0 Å². The van der Waals surface area contributed by atoms with Gasteiger partial charge in [-0.05, 0) is 43.0 Å². The van der Waals surface area contributed by atoms with Crippen LogP contribution in [-0.2, 0) is 0 Å². The van der Waals surface area contributed by atoms with Crippen LogP contribution in [0.2, 0.25) is 0 Å². The molecule has 2 rings (SSSR count). The van der Waals surface area contributed by atoms with E-state index in [0.29, 0.717) is 12.0 Å². The van der Waals surface area contributed by atoms with E-state index in [9.17, 15) is 8.78 Å². The molecular formula is C17H26F2N2. The number of likely N-dealkylation sites (tertiary alicyclic amines) is 1. The van der Waals surface area contributed by atoms with Gasteiger partial charge in [-0.3, -0.25) is 4.90 Å². The summed E-state index contributed by atoms with van der Waals surface area (Å²) in [6.07, 6.45) is 1.06. The Morgan fingerprint density at radius 3 is 2.38 bits per heavy atom. The normalized spacial score (nSPS) is 20.7. The minimum Gasteiger partial charge on any atom is -0.329 e. The maximum Gasteiger partial charge on any atom is 0.263 e. The summed E-state index contributed by atoms with van der Waals surface area (Å²) >= 11 is 0. The molecule has 1 fully saturated rings. The maximum atomic E-state index is 12.9. The fraction of sp³-hybridized carbons (Fsp3) is 0.647. The Hall–Kier alpha value is -1.00. The van der Waals surface area contributed by atoms with Crippen molar-refractivity contribution < 1.29 is 8.78 Å². The fourth-order valence-corrected chi connectivity index (χ4v) is 3.13. The summed E-state index contributed by atoms with van der Waals surface area (Å²) in [5.41, 5.74) is 7.35. The van der Waals surface area contributed by atoms with Crippen molar-refractivity contribution in [1.29, 1.82) is 0 Å². The number of alkyl halides is 2. The van der Waals surface area contributed by atoms with Crippen LogP contribution in [0.25, 0.3) is 0 Å². The van der Waals surface area contributed by atoms with E-state index in [4.69, 9.17) is 5.73 Å². The van der Waals surface area contributed by atoms with Gasteiger partial charge in [-0.2, -0.15) is 0 Å². The summed E-state index contributed by atoms with van der Waals surface area (Å²) < 4.78 is 25.7. The topological polar surface area (TPSA) is 29.3 Å². The lowest BCUT2D eigenvalue weighted by Gasteiger charge is -2.42. The fourth-order valence-electron chi connectivity index (χ4n) is 3.13. The van der Waals surface area contributed by atoms with Gasteiger partial charge in [0.2, 0.25) is 0 Å². The number of nitrogens with zero attached hydrogens (tertiary/aromatic N) is 1. The standard InChI is InChI=1S/C17H26F2N2/c1-3-17(2)7-9-21(10-8-17)15(12-20)13-5-4-6-14(11-13)16(18)19/h4-6,11,15-16H,3,7-10,12,20H2,1-2H3. The molecule has 1 heterocycles. The van der Waals surface area contributed by atoms with E-state index in [1.807, 2.05) is 6.07 Å². The highest BCUT2D eigenvalue weighted by Crippen LogP contribution is 2.37. The number of halogens is 2. The van der Waals surface area contributed by atoms with Crippen molar-refractivity contribution in [3.05, 3.63) is 35.4 Å². The van der Waals surface area contributed by atoms with Crippen molar-refractivity contribution in [2.75, 3.05) is 19.6 Å². The molecule has 0 radical (unpaired) electrons. The van der Waals surface area contributed by atoms with Gasteiger partial charge in [0.05, 0.1) is 0 Å². The number of piperidine rings is 1. The van der Waals surface area contributed by atoms with Gasteiger partial charge in [-0.1, -0.05) is 38.5 Å². The SMILES string of the molecule is CCC1(C)CCN(C(CN)c2cccc(C(F)F)c2)CC1. The van der Waals surface area contributed by atoms with Gasteiger partial charge in [-0.25, -0.2) is 8.78 Å². The van der Waals surface area contributed by atoms with Crippen LogP contribution in [0.15, 0.2) is 24.3 Å². The van der Waals surface area contributed by atoms with Crippen LogP contribution in [0.1, 0.15) is 56.7 Å². The Balaban J connectivity index is 2.12. The van der Waals surface area contributed by atoms with Gasteiger partial charge in [0, 0.05) is 18.2 Å². The van der Waals surface area contributed by atoms with E-state index in [-0.39, 0.29) is 11.6 Å². The number of rotatable bonds is 5. The molecule has 2 nitrogen and oxygen atoms in total. The average Bonchev–Trinajstić information content (AvgIpc) is 2.50. The minimum absolute atomic E-state index is 0.0464. The van der Waals surface area contributed by atoms with E-state index in [2.05, 4.69) is 18.7 Å². The molecule has 2 N–H and O–H groups in total. The lowest BCUT2D eigenvalue weighted by atomic mass is 9.77. The van der Waals surface area contributed by atoms with E-state index in [1.165, 1.54) is 12.5 Å². The zero-order chi connectivity index (χ0) is 15.5. The second-order valence-corrected chi connectivity index (χ2v) is 6.42. The molecule has 1 unspecified atom stereocenters. The first-order valence-corrected chi connectivity index (χ1v) is 7.81. The molecule has 118 valence electrons. The second-order valence-electron chi connectivity index (χ2n) is 6.42. The Labute approximate surface area is 126 Å².